The van der Waals surface area contributed by atoms with Gasteiger partial charge in [0.05, 0.1) is 11.0 Å². The second kappa shape index (κ2) is 2.46. The first-order valence-electron chi connectivity index (χ1n) is 3.67. The smallest absolute Gasteiger partial charge is 0.305 e. The molecule has 0 bridgehead atoms. The number of aromatic amines is 1. The van der Waals surface area contributed by atoms with Gasteiger partial charge < -0.3 is 10.1 Å². The number of aliphatic hydroxyl groups is 1. The average Bonchev–Trinajstić information content (AvgIpc) is 2.31. The second-order valence-corrected chi connectivity index (χ2v) is 3.78. The van der Waals surface area contributed by atoms with E-state index in [2.05, 4.69) is 4.98 Å². The van der Waals surface area contributed by atoms with Crippen molar-refractivity contribution in [1.29, 1.82) is 0 Å². The van der Waals surface area contributed by atoms with Crippen LogP contribution in [0.3, 0.4) is 0 Å². The van der Waals surface area contributed by atoms with Gasteiger partial charge in [-0.15, -0.1) is 0 Å². The predicted octanol–water partition coefficient (Wildman–Crippen LogP) is 0.806. The molecule has 11 heavy (non-hydrogen) atoms. The molecule has 3 nitrogen and oxygen atoms in total. The van der Waals surface area contributed by atoms with E-state index in [9.17, 15) is 9.90 Å². The fourth-order valence-corrected chi connectivity index (χ4v) is 2.33. The minimum Gasteiger partial charge on any atom is -0.388 e. The standard InChI is InChI=1S/C7H9NO2S/c9-5-3-1-2-4-6(5)11-7(10)8-4/h5,9H,1-3H2,(H,8,10). The number of H-pyrrole nitrogens is 1. The number of thiazole rings is 1. The van der Waals surface area contributed by atoms with Crippen molar-refractivity contribution in [2.75, 3.05) is 0 Å². The molecule has 1 aromatic rings. The number of fused-ring (bicyclic) bond motifs is 1. The van der Waals surface area contributed by atoms with Crippen molar-refractivity contribution in [2.24, 2.45) is 0 Å². The number of aryl methyl sites for hydroxylation is 1. The summed E-state index contributed by atoms with van der Waals surface area (Å²) in [7, 11) is 0. The number of hydrogen-bond acceptors (Lipinski definition) is 3. The highest BCUT2D eigenvalue weighted by atomic mass is 32.1. The summed E-state index contributed by atoms with van der Waals surface area (Å²) in [5.74, 6) is 0. The second-order valence-electron chi connectivity index (χ2n) is 2.77. The number of aromatic nitrogens is 1. The SMILES string of the molecule is O=c1[nH]c2c(s1)C(O)CCC2. The zero-order valence-electron chi connectivity index (χ0n) is 5.96. The molecule has 60 valence electrons. The third kappa shape index (κ3) is 1.12. The van der Waals surface area contributed by atoms with E-state index in [0.29, 0.717) is 0 Å². The minimum atomic E-state index is -0.400. The Morgan fingerprint density at radius 2 is 2.45 bits per heavy atom. The summed E-state index contributed by atoms with van der Waals surface area (Å²) in [6, 6.07) is 0. The Hall–Kier alpha value is -0.610. The Kier molecular flexibility index (Phi) is 1.58. The van der Waals surface area contributed by atoms with Crippen LogP contribution < -0.4 is 4.87 Å². The van der Waals surface area contributed by atoms with Crippen LogP contribution in [-0.2, 0) is 6.42 Å². The minimum absolute atomic E-state index is 0.0454. The number of aliphatic hydroxyl groups excluding tert-OH is 1. The number of nitrogens with one attached hydrogen (secondary N) is 1. The fraction of sp³-hybridized carbons (Fsp3) is 0.571. The van der Waals surface area contributed by atoms with E-state index in [-0.39, 0.29) is 4.87 Å². The van der Waals surface area contributed by atoms with Gasteiger partial charge in [-0.05, 0) is 19.3 Å². The van der Waals surface area contributed by atoms with Crippen LogP contribution in [0.25, 0.3) is 0 Å². The van der Waals surface area contributed by atoms with Crippen molar-refractivity contribution in [3.63, 3.8) is 0 Å². The molecule has 1 aromatic heterocycles. The van der Waals surface area contributed by atoms with Crippen LogP contribution in [0.2, 0.25) is 0 Å². The van der Waals surface area contributed by atoms with Crippen LogP contribution in [0.15, 0.2) is 4.79 Å². The van der Waals surface area contributed by atoms with Gasteiger partial charge >= 0.3 is 4.87 Å². The van der Waals surface area contributed by atoms with Gasteiger partial charge in [0, 0.05) is 5.69 Å². The van der Waals surface area contributed by atoms with Crippen molar-refractivity contribution in [1.82, 2.24) is 4.98 Å². The Morgan fingerprint density at radius 3 is 3.18 bits per heavy atom. The average molecular weight is 171 g/mol. The number of hydrogen-bond donors (Lipinski definition) is 2. The maximum absolute atomic E-state index is 10.9. The van der Waals surface area contributed by atoms with Gasteiger partial charge in [-0.2, -0.15) is 0 Å². The molecule has 0 aromatic carbocycles. The van der Waals surface area contributed by atoms with E-state index in [1.165, 1.54) is 0 Å². The highest BCUT2D eigenvalue weighted by molar-refractivity contribution is 7.09. The summed E-state index contributed by atoms with van der Waals surface area (Å²) < 4.78 is 0. The third-order valence-electron chi connectivity index (χ3n) is 1.96. The molecule has 0 fully saturated rings. The summed E-state index contributed by atoms with van der Waals surface area (Å²) in [6.45, 7) is 0. The molecule has 0 saturated heterocycles. The lowest BCUT2D eigenvalue weighted by atomic mass is 10.0. The summed E-state index contributed by atoms with van der Waals surface area (Å²) in [4.78, 5) is 14.4. The molecule has 2 N–H and O–H groups in total. The molecule has 1 aliphatic rings. The van der Waals surface area contributed by atoms with E-state index in [4.69, 9.17) is 0 Å². The molecule has 0 saturated carbocycles. The summed E-state index contributed by atoms with van der Waals surface area (Å²) >= 11 is 1.14. The van der Waals surface area contributed by atoms with E-state index >= 15 is 0 Å². The molecule has 1 atom stereocenters. The van der Waals surface area contributed by atoms with Gasteiger partial charge in [-0.1, -0.05) is 11.3 Å². The monoisotopic (exact) mass is 171 g/mol. The lowest BCUT2D eigenvalue weighted by molar-refractivity contribution is 0.160. The Morgan fingerprint density at radius 1 is 1.64 bits per heavy atom. The third-order valence-corrected chi connectivity index (χ3v) is 2.99. The zero-order valence-corrected chi connectivity index (χ0v) is 6.78. The Labute approximate surface area is 67.7 Å². The van der Waals surface area contributed by atoms with Crippen molar-refractivity contribution in [3.8, 4) is 0 Å². The first-order chi connectivity index (χ1) is 5.27. The summed E-state index contributed by atoms with van der Waals surface area (Å²) in [5.41, 5.74) is 0.943. The van der Waals surface area contributed by atoms with Crippen LogP contribution in [0.4, 0.5) is 0 Å². The predicted molar refractivity (Wildman–Crippen MR) is 42.8 cm³/mol. The van der Waals surface area contributed by atoms with Gasteiger partial charge in [0.2, 0.25) is 0 Å². The molecule has 0 radical (unpaired) electrons. The highest BCUT2D eigenvalue weighted by Gasteiger charge is 2.20. The maximum Gasteiger partial charge on any atom is 0.305 e. The summed E-state index contributed by atoms with van der Waals surface area (Å²) in [6.07, 6.45) is 2.27. The van der Waals surface area contributed by atoms with Gasteiger partial charge in [0.15, 0.2) is 0 Å². The molecule has 1 unspecified atom stereocenters. The van der Waals surface area contributed by atoms with E-state index in [1.54, 1.807) is 0 Å². The topological polar surface area (TPSA) is 53.1 Å². The van der Waals surface area contributed by atoms with Crippen molar-refractivity contribution < 1.29 is 5.11 Å². The largest absolute Gasteiger partial charge is 0.388 e. The fourth-order valence-electron chi connectivity index (χ4n) is 1.43. The molecule has 2 rings (SSSR count). The van der Waals surface area contributed by atoms with Crippen molar-refractivity contribution >= 4 is 11.3 Å². The summed E-state index contributed by atoms with van der Waals surface area (Å²) in [5, 5.41) is 9.43. The van der Waals surface area contributed by atoms with Crippen molar-refractivity contribution in [3.05, 3.63) is 20.2 Å². The van der Waals surface area contributed by atoms with Gasteiger partial charge in [0.25, 0.3) is 0 Å². The maximum atomic E-state index is 10.9. The first kappa shape index (κ1) is 7.06. The molecule has 0 amide bonds. The quantitative estimate of drug-likeness (QED) is 0.606. The van der Waals surface area contributed by atoms with E-state index < -0.39 is 6.10 Å². The molecule has 0 aliphatic heterocycles. The van der Waals surface area contributed by atoms with Gasteiger partial charge in [0.1, 0.15) is 0 Å². The van der Waals surface area contributed by atoms with Gasteiger partial charge in [-0.25, -0.2) is 0 Å². The number of rotatable bonds is 0. The lowest BCUT2D eigenvalue weighted by Crippen LogP contribution is -2.06. The van der Waals surface area contributed by atoms with E-state index in [1.807, 2.05) is 0 Å². The Bertz CT molecular complexity index is 314. The van der Waals surface area contributed by atoms with Crippen LogP contribution in [0.5, 0.6) is 0 Å². The van der Waals surface area contributed by atoms with E-state index in [0.717, 1.165) is 41.2 Å². The molecule has 4 heteroatoms. The zero-order chi connectivity index (χ0) is 7.84. The molecular weight excluding hydrogens is 162 g/mol. The first-order valence-corrected chi connectivity index (χ1v) is 4.49. The van der Waals surface area contributed by atoms with Crippen LogP contribution in [0.1, 0.15) is 29.5 Å². The normalized spacial score (nSPS) is 23.2. The molecule has 1 aliphatic carbocycles. The van der Waals surface area contributed by atoms with Crippen LogP contribution in [-0.4, -0.2) is 10.1 Å². The highest BCUT2D eigenvalue weighted by Crippen LogP contribution is 2.29. The van der Waals surface area contributed by atoms with Crippen LogP contribution >= 0.6 is 11.3 Å². The molecule has 0 spiro atoms. The molecular formula is C7H9NO2S. The van der Waals surface area contributed by atoms with Crippen molar-refractivity contribution in [2.45, 2.75) is 25.4 Å². The lowest BCUT2D eigenvalue weighted by Gasteiger charge is -2.15. The van der Waals surface area contributed by atoms with Gasteiger partial charge in [-0.3, -0.25) is 4.79 Å². The Balaban J connectivity index is 2.52. The van der Waals surface area contributed by atoms with Crippen LogP contribution in [0, 0.1) is 0 Å². The molecule has 1 heterocycles.